The van der Waals surface area contributed by atoms with Gasteiger partial charge in [-0.05, 0) is 29.9 Å². The number of carbonyl (C=O) groups is 2. The summed E-state index contributed by atoms with van der Waals surface area (Å²) in [6.45, 7) is 7.00. The van der Waals surface area contributed by atoms with Crippen LogP contribution in [0.5, 0.6) is 0 Å². The molecule has 0 bridgehead atoms. The van der Waals surface area contributed by atoms with Gasteiger partial charge in [-0.2, -0.15) is 0 Å². The van der Waals surface area contributed by atoms with Crippen molar-refractivity contribution >= 4 is 12.0 Å². The maximum absolute atomic E-state index is 13.0. The topological polar surface area (TPSA) is 70.7 Å². The summed E-state index contributed by atoms with van der Waals surface area (Å²) in [6.07, 6.45) is 2.04. The number of nitrogens with zero attached hydrogens (tertiary/aromatic N) is 1. The third-order valence-electron chi connectivity index (χ3n) is 6.16. The molecule has 2 aromatic carbocycles. The Morgan fingerprint density at radius 3 is 2.19 bits per heavy atom. The molecule has 1 aliphatic heterocycles. The van der Waals surface area contributed by atoms with E-state index in [1.54, 1.807) is 0 Å². The van der Waals surface area contributed by atoms with E-state index in [1.807, 2.05) is 50.2 Å². The number of benzene rings is 2. The predicted molar refractivity (Wildman–Crippen MR) is 126 cm³/mol. The summed E-state index contributed by atoms with van der Waals surface area (Å²) in [4.78, 5) is 27.8. The van der Waals surface area contributed by atoms with E-state index in [1.165, 1.54) is 5.56 Å². The molecule has 32 heavy (non-hydrogen) atoms. The first-order valence-electron chi connectivity index (χ1n) is 11.6. The fourth-order valence-corrected chi connectivity index (χ4v) is 3.96. The van der Waals surface area contributed by atoms with Gasteiger partial charge in [-0.25, -0.2) is 4.79 Å². The predicted octanol–water partition coefficient (Wildman–Crippen LogP) is 4.11. The zero-order valence-electron chi connectivity index (χ0n) is 19.1. The average molecular weight is 438 g/mol. The van der Waals surface area contributed by atoms with Crippen molar-refractivity contribution in [1.82, 2.24) is 15.5 Å². The Hall–Kier alpha value is -2.86. The summed E-state index contributed by atoms with van der Waals surface area (Å²) in [5, 5.41) is 5.95. The van der Waals surface area contributed by atoms with E-state index in [0.29, 0.717) is 0 Å². The number of hydrogen-bond donors (Lipinski definition) is 2. The highest BCUT2D eigenvalue weighted by Gasteiger charge is 2.29. The summed E-state index contributed by atoms with van der Waals surface area (Å²) in [5.74, 6) is -0.116. The number of carbonyl (C=O) groups excluding carboxylic acids is 2. The van der Waals surface area contributed by atoms with Crippen LogP contribution in [-0.4, -0.2) is 42.1 Å². The second kappa shape index (κ2) is 12.2. The van der Waals surface area contributed by atoms with Gasteiger partial charge < -0.3 is 15.4 Å². The zero-order chi connectivity index (χ0) is 22.8. The number of alkyl carbamates (subject to hydrolysis) is 1. The first kappa shape index (κ1) is 23.8. The minimum atomic E-state index is -0.606. The van der Waals surface area contributed by atoms with Crippen molar-refractivity contribution in [3.63, 3.8) is 0 Å². The lowest BCUT2D eigenvalue weighted by Gasteiger charge is -2.33. The fraction of sp³-hybridized carbons (Fsp3) is 0.462. The van der Waals surface area contributed by atoms with Gasteiger partial charge in [0.2, 0.25) is 5.91 Å². The lowest BCUT2D eigenvalue weighted by molar-refractivity contribution is -0.125. The van der Waals surface area contributed by atoms with E-state index in [0.717, 1.165) is 44.5 Å². The molecule has 2 N–H and O–H groups in total. The Balaban J connectivity index is 1.46. The number of likely N-dealkylation sites (tertiary alicyclic amines) is 1. The van der Waals surface area contributed by atoms with Crippen molar-refractivity contribution < 1.29 is 14.3 Å². The van der Waals surface area contributed by atoms with Gasteiger partial charge in [-0.15, -0.1) is 0 Å². The second-order valence-corrected chi connectivity index (χ2v) is 8.61. The number of nitrogens with one attached hydrogen (secondary N) is 2. The third-order valence-corrected chi connectivity index (χ3v) is 6.16. The van der Waals surface area contributed by atoms with Crippen molar-refractivity contribution in [3.8, 4) is 0 Å². The van der Waals surface area contributed by atoms with Crippen molar-refractivity contribution in [1.29, 1.82) is 0 Å². The molecule has 0 spiro atoms. The van der Waals surface area contributed by atoms with Gasteiger partial charge in [-0.1, -0.05) is 80.9 Å². The number of hydrogen-bond acceptors (Lipinski definition) is 4. The van der Waals surface area contributed by atoms with Crippen LogP contribution in [0.2, 0.25) is 0 Å². The standard InChI is InChI=1S/C26H35N3O3/c1-3-20(2)24(28-26(31)32-19-22-12-8-5-9-13-22)25(30)27-23-14-16-29(17-15-23)18-21-10-6-4-7-11-21/h4-13,20,23-24H,3,14-19H2,1-2H3,(H,27,30)(H,28,31)/t20-,24+/m0/s1. The van der Waals surface area contributed by atoms with Gasteiger partial charge in [0.1, 0.15) is 12.6 Å². The minimum absolute atomic E-state index is 0.0115. The largest absolute Gasteiger partial charge is 0.445 e. The highest BCUT2D eigenvalue weighted by molar-refractivity contribution is 5.86. The Morgan fingerprint density at radius 2 is 1.59 bits per heavy atom. The molecule has 6 nitrogen and oxygen atoms in total. The van der Waals surface area contributed by atoms with Crippen LogP contribution in [-0.2, 0) is 22.7 Å². The van der Waals surface area contributed by atoms with Crippen molar-refractivity contribution in [2.45, 2.75) is 58.3 Å². The van der Waals surface area contributed by atoms with E-state index >= 15 is 0 Å². The molecular formula is C26H35N3O3. The summed E-state index contributed by atoms with van der Waals surface area (Å²) >= 11 is 0. The van der Waals surface area contributed by atoms with Gasteiger partial charge >= 0.3 is 6.09 Å². The van der Waals surface area contributed by atoms with Crippen LogP contribution in [0.25, 0.3) is 0 Å². The number of ether oxygens (including phenoxy) is 1. The van der Waals surface area contributed by atoms with Crippen LogP contribution >= 0.6 is 0 Å². The average Bonchev–Trinajstić information content (AvgIpc) is 2.83. The van der Waals surface area contributed by atoms with Crippen molar-refractivity contribution in [3.05, 3.63) is 71.8 Å². The molecule has 0 aliphatic carbocycles. The van der Waals surface area contributed by atoms with Crippen molar-refractivity contribution in [2.75, 3.05) is 13.1 Å². The molecular weight excluding hydrogens is 402 g/mol. The molecule has 0 saturated carbocycles. The van der Waals surface area contributed by atoms with Crippen LogP contribution in [0, 0.1) is 5.92 Å². The molecule has 6 heteroatoms. The number of rotatable bonds is 9. The molecule has 2 amide bonds. The molecule has 2 aromatic rings. The molecule has 1 heterocycles. The van der Waals surface area contributed by atoms with Gasteiger partial charge in [0.25, 0.3) is 0 Å². The quantitative estimate of drug-likeness (QED) is 0.619. The maximum atomic E-state index is 13.0. The van der Waals surface area contributed by atoms with E-state index in [4.69, 9.17) is 4.74 Å². The summed E-state index contributed by atoms with van der Waals surface area (Å²) < 4.78 is 5.33. The number of amides is 2. The van der Waals surface area contributed by atoms with E-state index in [2.05, 4.69) is 39.8 Å². The van der Waals surface area contributed by atoms with Crippen LogP contribution < -0.4 is 10.6 Å². The van der Waals surface area contributed by atoms with E-state index < -0.39 is 12.1 Å². The van der Waals surface area contributed by atoms with Crippen LogP contribution in [0.3, 0.4) is 0 Å². The van der Waals surface area contributed by atoms with E-state index in [-0.39, 0.29) is 24.5 Å². The van der Waals surface area contributed by atoms with E-state index in [9.17, 15) is 9.59 Å². The highest BCUT2D eigenvalue weighted by atomic mass is 16.5. The van der Waals surface area contributed by atoms with Crippen molar-refractivity contribution in [2.24, 2.45) is 5.92 Å². The highest BCUT2D eigenvalue weighted by Crippen LogP contribution is 2.15. The van der Waals surface area contributed by atoms with Gasteiger partial charge in [0.05, 0.1) is 0 Å². The lowest BCUT2D eigenvalue weighted by Crippen LogP contribution is -2.54. The minimum Gasteiger partial charge on any atom is -0.445 e. The normalized spacial score (nSPS) is 16.7. The van der Waals surface area contributed by atoms with Crippen LogP contribution in [0.4, 0.5) is 4.79 Å². The smallest absolute Gasteiger partial charge is 0.408 e. The second-order valence-electron chi connectivity index (χ2n) is 8.61. The first-order valence-corrected chi connectivity index (χ1v) is 11.6. The Morgan fingerprint density at radius 1 is 1.00 bits per heavy atom. The molecule has 3 rings (SSSR count). The summed E-state index contributed by atoms with van der Waals surface area (Å²) in [6, 6.07) is 19.5. The summed E-state index contributed by atoms with van der Waals surface area (Å²) in [5.41, 5.74) is 2.22. The Labute approximate surface area is 191 Å². The molecule has 0 radical (unpaired) electrons. The Kier molecular flexibility index (Phi) is 9.11. The molecule has 2 atom stereocenters. The van der Waals surface area contributed by atoms with Gasteiger partial charge in [-0.3, -0.25) is 9.69 Å². The molecule has 0 aromatic heterocycles. The van der Waals surface area contributed by atoms with Gasteiger partial charge in [0.15, 0.2) is 0 Å². The Bertz CT molecular complexity index is 836. The monoisotopic (exact) mass is 437 g/mol. The van der Waals surface area contributed by atoms with Gasteiger partial charge in [0, 0.05) is 25.7 Å². The third kappa shape index (κ3) is 7.38. The van der Waals surface area contributed by atoms with Crippen LogP contribution in [0.1, 0.15) is 44.2 Å². The summed E-state index contributed by atoms with van der Waals surface area (Å²) in [7, 11) is 0. The molecule has 1 fully saturated rings. The van der Waals surface area contributed by atoms with Crippen LogP contribution in [0.15, 0.2) is 60.7 Å². The number of piperidine rings is 1. The molecule has 1 saturated heterocycles. The maximum Gasteiger partial charge on any atom is 0.408 e. The fourth-order valence-electron chi connectivity index (χ4n) is 3.96. The molecule has 1 aliphatic rings. The molecule has 0 unspecified atom stereocenters. The SMILES string of the molecule is CC[C@H](C)[C@@H](NC(=O)OCc1ccccc1)C(=O)NC1CCN(Cc2ccccc2)CC1. The lowest BCUT2D eigenvalue weighted by atomic mass is 9.97. The zero-order valence-corrected chi connectivity index (χ0v) is 19.1. The molecule has 172 valence electrons. The first-order chi connectivity index (χ1) is 15.5.